The number of benzene rings is 1. The number of hydrogen-bond donors (Lipinski definition) is 1. The van der Waals surface area contributed by atoms with Crippen LogP contribution >= 0.6 is 0 Å². The summed E-state index contributed by atoms with van der Waals surface area (Å²) in [5.74, 6) is 0.652. The van der Waals surface area contributed by atoms with Gasteiger partial charge < -0.3 is 14.0 Å². The van der Waals surface area contributed by atoms with Crippen LogP contribution in [0.15, 0.2) is 27.6 Å². The number of hydrogen-bond acceptors (Lipinski definition) is 7. The Balaban J connectivity index is 1.77. The zero-order chi connectivity index (χ0) is 18.0. The second-order valence-corrected chi connectivity index (χ2v) is 7.35. The Morgan fingerprint density at radius 1 is 1.20 bits per heavy atom. The molecule has 3 rings (SSSR count). The Morgan fingerprint density at radius 2 is 1.92 bits per heavy atom. The first-order chi connectivity index (χ1) is 11.9. The van der Waals surface area contributed by atoms with Crippen LogP contribution < -0.4 is 14.2 Å². The van der Waals surface area contributed by atoms with Crippen molar-refractivity contribution in [1.29, 1.82) is 0 Å². The zero-order valence-electron chi connectivity index (χ0n) is 13.9. The first kappa shape index (κ1) is 17.3. The molecule has 1 N–H and O–H groups in total. The Labute approximate surface area is 145 Å². The van der Waals surface area contributed by atoms with E-state index in [1.165, 1.54) is 18.2 Å². The number of carbonyl (C=O) groups excluding carboxylic acids is 1. The van der Waals surface area contributed by atoms with Gasteiger partial charge in [-0.2, -0.15) is 0 Å². The summed E-state index contributed by atoms with van der Waals surface area (Å²) in [5, 5.41) is 3.75. The zero-order valence-corrected chi connectivity index (χ0v) is 14.7. The third kappa shape index (κ3) is 3.76. The van der Waals surface area contributed by atoms with Gasteiger partial charge in [0.2, 0.25) is 5.91 Å². The molecule has 0 atom stereocenters. The van der Waals surface area contributed by atoms with Crippen LogP contribution in [0.5, 0.6) is 11.5 Å². The summed E-state index contributed by atoms with van der Waals surface area (Å²) >= 11 is 0. The van der Waals surface area contributed by atoms with Crippen molar-refractivity contribution in [3.63, 3.8) is 0 Å². The molecule has 0 unspecified atom stereocenters. The van der Waals surface area contributed by atoms with Gasteiger partial charge in [-0.1, -0.05) is 5.16 Å². The molecule has 2 heterocycles. The molecule has 1 aromatic heterocycles. The van der Waals surface area contributed by atoms with Gasteiger partial charge in [0.25, 0.3) is 10.0 Å². The Hall–Kier alpha value is -2.55. The number of amides is 1. The van der Waals surface area contributed by atoms with E-state index in [-0.39, 0.29) is 11.3 Å². The molecular formula is C16H18N2O6S. The van der Waals surface area contributed by atoms with E-state index in [0.717, 1.165) is 0 Å². The van der Waals surface area contributed by atoms with Crippen LogP contribution in [-0.2, 0) is 21.2 Å². The van der Waals surface area contributed by atoms with Gasteiger partial charge >= 0.3 is 0 Å². The van der Waals surface area contributed by atoms with E-state index >= 15 is 0 Å². The highest BCUT2D eigenvalue weighted by Gasteiger charge is 2.22. The third-order valence-electron chi connectivity index (χ3n) is 3.80. The SMILES string of the molecule is Cc1noc(C)c1CC(=O)NS(=O)(=O)c1ccc2c(c1)OCCCO2. The molecule has 1 aliphatic heterocycles. The normalized spacial score (nSPS) is 14.0. The van der Waals surface area contributed by atoms with Crippen molar-refractivity contribution in [3.05, 3.63) is 35.2 Å². The van der Waals surface area contributed by atoms with Gasteiger partial charge in [0.05, 0.1) is 30.2 Å². The second kappa shape index (κ2) is 6.75. The average molecular weight is 366 g/mol. The molecule has 2 aromatic rings. The minimum atomic E-state index is -4.02. The molecular weight excluding hydrogens is 348 g/mol. The van der Waals surface area contributed by atoms with Gasteiger partial charge in [-0.3, -0.25) is 4.79 Å². The van der Waals surface area contributed by atoms with Crippen LogP contribution in [0.1, 0.15) is 23.4 Å². The fourth-order valence-corrected chi connectivity index (χ4v) is 3.47. The van der Waals surface area contributed by atoms with Crippen molar-refractivity contribution < 1.29 is 27.2 Å². The predicted octanol–water partition coefficient (Wildman–Crippen LogP) is 1.50. The molecule has 1 aromatic carbocycles. The summed E-state index contributed by atoms with van der Waals surface area (Å²) in [6.45, 7) is 4.31. The van der Waals surface area contributed by atoms with E-state index in [9.17, 15) is 13.2 Å². The molecule has 0 bridgehead atoms. The molecule has 0 spiro atoms. The molecule has 0 saturated carbocycles. The van der Waals surface area contributed by atoms with Crippen molar-refractivity contribution in [1.82, 2.24) is 9.88 Å². The molecule has 0 radical (unpaired) electrons. The van der Waals surface area contributed by atoms with Gasteiger partial charge in [-0.05, 0) is 26.0 Å². The van der Waals surface area contributed by atoms with Crippen LogP contribution in [-0.4, -0.2) is 32.7 Å². The average Bonchev–Trinajstić information content (AvgIpc) is 2.78. The van der Waals surface area contributed by atoms with Crippen LogP contribution in [0.25, 0.3) is 0 Å². The molecule has 0 fully saturated rings. The lowest BCUT2D eigenvalue weighted by molar-refractivity contribution is -0.118. The largest absolute Gasteiger partial charge is 0.490 e. The number of carbonyl (C=O) groups is 1. The van der Waals surface area contributed by atoms with Crippen molar-refractivity contribution in [2.75, 3.05) is 13.2 Å². The lowest BCUT2D eigenvalue weighted by Gasteiger charge is -2.11. The fraction of sp³-hybridized carbons (Fsp3) is 0.375. The lowest BCUT2D eigenvalue weighted by atomic mass is 10.1. The van der Waals surface area contributed by atoms with E-state index in [0.29, 0.717) is 48.2 Å². The maximum atomic E-state index is 12.4. The van der Waals surface area contributed by atoms with Crippen molar-refractivity contribution in [2.24, 2.45) is 0 Å². The van der Waals surface area contributed by atoms with Gasteiger partial charge in [-0.25, -0.2) is 13.1 Å². The quantitative estimate of drug-likeness (QED) is 0.873. The van der Waals surface area contributed by atoms with Gasteiger partial charge in [-0.15, -0.1) is 0 Å². The summed E-state index contributed by atoms with van der Waals surface area (Å²) in [6, 6.07) is 4.25. The number of aromatic nitrogens is 1. The van der Waals surface area contributed by atoms with Crippen molar-refractivity contribution >= 4 is 15.9 Å². The number of nitrogens with one attached hydrogen (secondary N) is 1. The number of ether oxygens (including phenoxy) is 2. The smallest absolute Gasteiger partial charge is 0.264 e. The number of nitrogens with zero attached hydrogens (tertiary/aromatic N) is 1. The monoisotopic (exact) mass is 366 g/mol. The summed E-state index contributed by atoms with van der Waals surface area (Å²) in [4.78, 5) is 12.1. The van der Waals surface area contributed by atoms with Crippen molar-refractivity contribution in [3.8, 4) is 11.5 Å². The predicted molar refractivity (Wildman–Crippen MR) is 87.1 cm³/mol. The maximum absolute atomic E-state index is 12.4. The Bertz CT molecular complexity index is 884. The Kier molecular flexibility index (Phi) is 4.67. The van der Waals surface area contributed by atoms with Gasteiger partial charge in [0, 0.05) is 18.1 Å². The maximum Gasteiger partial charge on any atom is 0.264 e. The minimum Gasteiger partial charge on any atom is -0.490 e. The first-order valence-electron chi connectivity index (χ1n) is 7.74. The molecule has 1 amide bonds. The third-order valence-corrected chi connectivity index (χ3v) is 5.17. The van der Waals surface area contributed by atoms with E-state index in [4.69, 9.17) is 14.0 Å². The molecule has 1 aliphatic rings. The standard InChI is InChI=1S/C16H18N2O6S/c1-10-13(11(2)24-17-10)9-16(19)18-25(20,21)12-4-5-14-15(8-12)23-7-3-6-22-14/h4-5,8H,3,6-7,9H2,1-2H3,(H,18,19). The van der Waals surface area contributed by atoms with Crippen molar-refractivity contribution in [2.45, 2.75) is 31.6 Å². The summed E-state index contributed by atoms with van der Waals surface area (Å²) < 4.78 is 42.9. The first-order valence-corrected chi connectivity index (χ1v) is 9.22. The number of aryl methyl sites for hydroxylation is 2. The van der Waals surface area contributed by atoms with Crippen LogP contribution in [0, 0.1) is 13.8 Å². The van der Waals surface area contributed by atoms with Crippen LogP contribution in [0.2, 0.25) is 0 Å². The van der Waals surface area contributed by atoms with E-state index in [1.807, 2.05) is 0 Å². The molecule has 25 heavy (non-hydrogen) atoms. The summed E-state index contributed by atoms with van der Waals surface area (Å²) in [6.07, 6.45) is 0.579. The van der Waals surface area contributed by atoms with E-state index in [1.54, 1.807) is 13.8 Å². The molecule has 9 heteroatoms. The molecule has 0 saturated heterocycles. The van der Waals surface area contributed by atoms with Crippen LogP contribution in [0.4, 0.5) is 0 Å². The number of fused-ring (bicyclic) bond motifs is 1. The molecule has 8 nitrogen and oxygen atoms in total. The highest BCUT2D eigenvalue weighted by Crippen LogP contribution is 2.31. The second-order valence-electron chi connectivity index (χ2n) is 5.67. The van der Waals surface area contributed by atoms with E-state index < -0.39 is 15.9 Å². The minimum absolute atomic E-state index is 0.0659. The van der Waals surface area contributed by atoms with E-state index in [2.05, 4.69) is 9.88 Å². The molecule has 0 aliphatic carbocycles. The lowest BCUT2D eigenvalue weighted by Crippen LogP contribution is -2.32. The molecule has 134 valence electrons. The summed E-state index contributed by atoms with van der Waals surface area (Å²) in [5.41, 5.74) is 1.13. The Morgan fingerprint density at radius 3 is 2.60 bits per heavy atom. The van der Waals surface area contributed by atoms with Gasteiger partial charge in [0.15, 0.2) is 11.5 Å². The van der Waals surface area contributed by atoms with Gasteiger partial charge in [0.1, 0.15) is 5.76 Å². The highest BCUT2D eigenvalue weighted by molar-refractivity contribution is 7.90. The number of sulfonamides is 1. The van der Waals surface area contributed by atoms with Crippen LogP contribution in [0.3, 0.4) is 0 Å². The highest BCUT2D eigenvalue weighted by atomic mass is 32.2. The fourth-order valence-electron chi connectivity index (χ4n) is 2.47. The summed E-state index contributed by atoms with van der Waals surface area (Å²) in [7, 11) is -4.02. The number of rotatable bonds is 4. The topological polar surface area (TPSA) is 108 Å².